The van der Waals surface area contributed by atoms with Crippen molar-refractivity contribution in [3.8, 4) is 16.8 Å². The fraction of sp³-hybridized carbons (Fsp3) is 0.0400. The van der Waals surface area contributed by atoms with Gasteiger partial charge >= 0.3 is 0 Å². The maximum absolute atomic E-state index is 6.22. The second kappa shape index (κ2) is 7.00. The largest absolute Gasteiger partial charge is 0.398 e. The van der Waals surface area contributed by atoms with Crippen LogP contribution in [0.1, 0.15) is 18.2 Å². The Morgan fingerprint density at radius 1 is 0.926 bits per heavy atom. The second-order valence-corrected chi connectivity index (χ2v) is 6.49. The first-order valence-electron chi connectivity index (χ1n) is 9.08. The molecule has 0 aliphatic carbocycles. The first-order valence-corrected chi connectivity index (χ1v) is 9.08. The molecule has 0 atom stereocenters. The van der Waals surface area contributed by atoms with Gasteiger partial charge in [-0.05, 0) is 42.8 Å². The first-order chi connectivity index (χ1) is 13.2. The Labute approximate surface area is 159 Å². The highest BCUT2D eigenvalue weighted by Gasteiger charge is 2.16. The van der Waals surface area contributed by atoms with Crippen molar-refractivity contribution in [2.45, 2.75) is 6.92 Å². The summed E-state index contributed by atoms with van der Waals surface area (Å²) in [6, 6.07) is 24.9. The fourth-order valence-corrected chi connectivity index (χ4v) is 3.66. The van der Waals surface area contributed by atoms with Gasteiger partial charge in [0.1, 0.15) is 0 Å². The molecule has 3 aromatic carbocycles. The molecule has 0 radical (unpaired) electrons. The van der Waals surface area contributed by atoms with Gasteiger partial charge in [0.25, 0.3) is 0 Å². The zero-order valence-corrected chi connectivity index (χ0v) is 15.4. The number of nitrogens with two attached hydrogens (primary N) is 1. The number of hydrogen-bond donors (Lipinski definition) is 1. The molecule has 2 N–H and O–H groups in total. The van der Waals surface area contributed by atoms with Crippen LogP contribution in [0.4, 0.5) is 5.69 Å². The summed E-state index contributed by atoms with van der Waals surface area (Å²) in [6.45, 7) is 6.11. The highest BCUT2D eigenvalue weighted by atomic mass is 15.0. The predicted octanol–water partition coefficient (Wildman–Crippen LogP) is 6.56. The molecule has 4 rings (SSSR count). The number of para-hydroxylation sites is 2. The van der Waals surface area contributed by atoms with Gasteiger partial charge in [-0.3, -0.25) is 0 Å². The van der Waals surface area contributed by atoms with E-state index in [1.54, 1.807) is 0 Å². The number of nitrogen functional groups attached to an aromatic ring is 1. The summed E-state index contributed by atoms with van der Waals surface area (Å²) in [6.07, 6.45) is 6.15. The lowest BCUT2D eigenvalue weighted by Crippen LogP contribution is -1.96. The minimum Gasteiger partial charge on any atom is -0.398 e. The minimum absolute atomic E-state index is 0.785. The van der Waals surface area contributed by atoms with E-state index in [-0.39, 0.29) is 0 Å². The number of nitrogens with zero attached hydrogens (tertiary/aromatic N) is 1. The van der Waals surface area contributed by atoms with Crippen LogP contribution in [0.15, 0.2) is 85.5 Å². The van der Waals surface area contributed by atoms with Crippen molar-refractivity contribution in [1.29, 1.82) is 0 Å². The van der Waals surface area contributed by atoms with E-state index in [1.165, 1.54) is 10.9 Å². The minimum atomic E-state index is 0.785. The molecular weight excluding hydrogens is 328 g/mol. The van der Waals surface area contributed by atoms with E-state index >= 15 is 0 Å². The molecule has 2 nitrogen and oxygen atoms in total. The summed E-state index contributed by atoms with van der Waals surface area (Å²) >= 11 is 0. The Morgan fingerprint density at radius 2 is 1.67 bits per heavy atom. The number of aromatic nitrogens is 1. The third kappa shape index (κ3) is 2.85. The van der Waals surface area contributed by atoms with Gasteiger partial charge < -0.3 is 10.3 Å². The molecule has 0 saturated heterocycles. The molecule has 0 saturated carbocycles. The van der Waals surface area contributed by atoms with Crippen molar-refractivity contribution in [2.24, 2.45) is 0 Å². The van der Waals surface area contributed by atoms with Gasteiger partial charge in [-0.1, -0.05) is 67.3 Å². The molecule has 0 fully saturated rings. The van der Waals surface area contributed by atoms with Gasteiger partial charge in [0.15, 0.2) is 0 Å². The lowest BCUT2D eigenvalue weighted by molar-refractivity contribution is 1.11. The maximum Gasteiger partial charge on any atom is 0.0547 e. The molecule has 2 heteroatoms. The summed E-state index contributed by atoms with van der Waals surface area (Å²) in [5.41, 5.74) is 13.7. The highest BCUT2D eigenvalue weighted by molar-refractivity contribution is 5.98. The lowest BCUT2D eigenvalue weighted by Gasteiger charge is -2.10. The summed E-state index contributed by atoms with van der Waals surface area (Å²) < 4.78 is 2.26. The summed E-state index contributed by atoms with van der Waals surface area (Å²) in [5, 5.41) is 1.20. The van der Waals surface area contributed by atoms with Crippen LogP contribution < -0.4 is 5.73 Å². The molecular formula is C25H22N2. The van der Waals surface area contributed by atoms with Crippen LogP contribution in [-0.4, -0.2) is 4.57 Å². The Kier molecular flexibility index (Phi) is 4.39. The third-order valence-corrected chi connectivity index (χ3v) is 4.86. The molecule has 0 unspecified atom stereocenters. The van der Waals surface area contributed by atoms with E-state index in [2.05, 4.69) is 71.8 Å². The van der Waals surface area contributed by atoms with Gasteiger partial charge in [-0.25, -0.2) is 0 Å². The van der Waals surface area contributed by atoms with Crippen molar-refractivity contribution < 1.29 is 0 Å². The number of rotatable bonds is 4. The van der Waals surface area contributed by atoms with Gasteiger partial charge in [0.05, 0.1) is 11.2 Å². The molecule has 0 aliphatic heterocycles. The van der Waals surface area contributed by atoms with Crippen molar-refractivity contribution in [3.63, 3.8) is 0 Å². The van der Waals surface area contributed by atoms with Gasteiger partial charge in [-0.2, -0.15) is 0 Å². The maximum atomic E-state index is 6.22. The van der Waals surface area contributed by atoms with Crippen LogP contribution in [0.2, 0.25) is 0 Å². The topological polar surface area (TPSA) is 30.9 Å². The van der Waals surface area contributed by atoms with E-state index in [1.807, 2.05) is 37.3 Å². The van der Waals surface area contributed by atoms with Crippen LogP contribution >= 0.6 is 0 Å². The van der Waals surface area contributed by atoms with E-state index < -0.39 is 0 Å². The fourth-order valence-electron chi connectivity index (χ4n) is 3.66. The molecule has 0 amide bonds. The van der Waals surface area contributed by atoms with Crippen molar-refractivity contribution in [3.05, 3.63) is 96.7 Å². The van der Waals surface area contributed by atoms with Crippen LogP contribution in [-0.2, 0) is 0 Å². The number of anilines is 1. The van der Waals surface area contributed by atoms with Crippen LogP contribution in [0.5, 0.6) is 0 Å². The molecule has 1 aromatic heterocycles. The molecule has 132 valence electrons. The van der Waals surface area contributed by atoms with E-state index in [4.69, 9.17) is 5.73 Å². The Morgan fingerprint density at radius 3 is 2.37 bits per heavy atom. The molecule has 0 spiro atoms. The average molecular weight is 350 g/mol. The quantitative estimate of drug-likeness (QED) is 0.415. The lowest BCUT2D eigenvalue weighted by atomic mass is 10.0. The average Bonchev–Trinajstić information content (AvgIpc) is 3.02. The molecule has 0 bridgehead atoms. The third-order valence-electron chi connectivity index (χ3n) is 4.86. The summed E-state index contributed by atoms with van der Waals surface area (Å²) in [5.74, 6) is 0. The first kappa shape index (κ1) is 16.9. The van der Waals surface area contributed by atoms with Crippen LogP contribution in [0.25, 0.3) is 39.9 Å². The molecule has 1 heterocycles. The Hall–Kier alpha value is -3.52. The zero-order valence-electron chi connectivity index (χ0n) is 15.4. The standard InChI is InChI=1S/C25H22N2/c1-3-10-21-22-16-15-18(20-13-8-9-14-23(20)26)17-25(22)27(24(21)4-2)19-11-6-5-7-12-19/h3-17H,2,26H2,1H3/b10-3-. The summed E-state index contributed by atoms with van der Waals surface area (Å²) in [4.78, 5) is 0. The molecule has 4 aromatic rings. The zero-order chi connectivity index (χ0) is 18.8. The van der Waals surface area contributed by atoms with E-state index in [0.717, 1.165) is 33.7 Å². The van der Waals surface area contributed by atoms with Crippen molar-refractivity contribution in [2.75, 3.05) is 5.73 Å². The normalized spacial score (nSPS) is 11.3. The van der Waals surface area contributed by atoms with E-state index in [9.17, 15) is 0 Å². The predicted molar refractivity (Wildman–Crippen MR) is 118 cm³/mol. The molecule has 27 heavy (non-hydrogen) atoms. The molecule has 0 aliphatic rings. The Bertz CT molecular complexity index is 1150. The van der Waals surface area contributed by atoms with Crippen LogP contribution in [0, 0.1) is 0 Å². The highest BCUT2D eigenvalue weighted by Crippen LogP contribution is 2.35. The van der Waals surface area contributed by atoms with Crippen molar-refractivity contribution >= 4 is 28.7 Å². The van der Waals surface area contributed by atoms with Gasteiger partial charge in [-0.15, -0.1) is 0 Å². The van der Waals surface area contributed by atoms with Gasteiger partial charge in [0.2, 0.25) is 0 Å². The number of hydrogen-bond acceptors (Lipinski definition) is 1. The van der Waals surface area contributed by atoms with Gasteiger partial charge in [0, 0.05) is 27.9 Å². The van der Waals surface area contributed by atoms with E-state index in [0.29, 0.717) is 0 Å². The number of allylic oxidation sites excluding steroid dienone is 1. The Balaban J connectivity index is 2.08. The second-order valence-electron chi connectivity index (χ2n) is 6.49. The summed E-state index contributed by atoms with van der Waals surface area (Å²) in [7, 11) is 0. The monoisotopic (exact) mass is 350 g/mol. The number of benzene rings is 3. The number of fused-ring (bicyclic) bond motifs is 1. The van der Waals surface area contributed by atoms with Crippen molar-refractivity contribution in [1.82, 2.24) is 4.57 Å². The smallest absolute Gasteiger partial charge is 0.0547 e. The van der Waals surface area contributed by atoms with Crippen LogP contribution in [0.3, 0.4) is 0 Å². The SMILES string of the molecule is C=Cc1c(/C=C\C)c2ccc(-c3ccccc3N)cc2n1-c1ccccc1.